The zero-order chi connectivity index (χ0) is 9.61. The Morgan fingerprint density at radius 2 is 2.17 bits per heavy atom. The summed E-state index contributed by atoms with van der Waals surface area (Å²) < 4.78 is 5.52. The number of hydrogen-bond acceptors (Lipinski definition) is 2. The van der Waals surface area contributed by atoms with Gasteiger partial charge in [0.2, 0.25) is 0 Å². The van der Waals surface area contributed by atoms with E-state index in [2.05, 4.69) is 6.58 Å². The van der Waals surface area contributed by atoms with Crippen LogP contribution in [-0.2, 0) is 4.74 Å². The van der Waals surface area contributed by atoms with Crippen molar-refractivity contribution in [3.05, 3.63) is 24.3 Å². The van der Waals surface area contributed by atoms with Crippen LogP contribution in [0.2, 0.25) is 0 Å². The second-order valence-electron chi connectivity index (χ2n) is 3.41. The molecular weight excluding hydrogens is 150 g/mol. The Morgan fingerprint density at radius 1 is 1.58 bits per heavy atom. The minimum Gasteiger partial charge on any atom is -0.370 e. The molecule has 0 fully saturated rings. The average molecular weight is 169 g/mol. The van der Waals surface area contributed by atoms with Gasteiger partial charge < -0.3 is 10.5 Å². The molecule has 0 aliphatic rings. The number of rotatable bonds is 5. The molecule has 0 saturated carbocycles. The topological polar surface area (TPSA) is 35.2 Å². The molecule has 0 unspecified atom stereocenters. The van der Waals surface area contributed by atoms with Crippen molar-refractivity contribution in [3.63, 3.8) is 0 Å². The van der Waals surface area contributed by atoms with E-state index in [1.54, 1.807) is 0 Å². The molecule has 2 N–H and O–H groups in total. The van der Waals surface area contributed by atoms with Crippen molar-refractivity contribution in [2.75, 3.05) is 13.2 Å². The maximum atomic E-state index is 5.52. The molecule has 0 heterocycles. The molecule has 0 rings (SSSR count). The molecule has 0 amide bonds. The zero-order valence-corrected chi connectivity index (χ0v) is 8.26. The Labute approximate surface area is 75.1 Å². The SMILES string of the molecule is C=C(/C=C\C)COC(C)(C)CN. The summed E-state index contributed by atoms with van der Waals surface area (Å²) in [5.74, 6) is 0. The molecule has 2 heteroatoms. The normalized spacial score (nSPS) is 12.3. The van der Waals surface area contributed by atoms with E-state index in [4.69, 9.17) is 10.5 Å². The fourth-order valence-electron chi connectivity index (χ4n) is 0.631. The van der Waals surface area contributed by atoms with Crippen LogP contribution in [0, 0.1) is 0 Å². The van der Waals surface area contributed by atoms with E-state index in [-0.39, 0.29) is 5.60 Å². The Kier molecular flexibility index (Phi) is 4.86. The van der Waals surface area contributed by atoms with E-state index in [9.17, 15) is 0 Å². The highest BCUT2D eigenvalue weighted by Gasteiger charge is 2.14. The Hall–Kier alpha value is -0.600. The predicted molar refractivity (Wildman–Crippen MR) is 53.0 cm³/mol. The predicted octanol–water partition coefficient (Wildman–Crippen LogP) is 1.87. The molecule has 0 aromatic heterocycles. The van der Waals surface area contributed by atoms with Crippen molar-refractivity contribution in [1.29, 1.82) is 0 Å². The number of allylic oxidation sites excluding steroid dienone is 1. The fourth-order valence-corrected chi connectivity index (χ4v) is 0.631. The third-order valence-corrected chi connectivity index (χ3v) is 1.54. The first-order valence-corrected chi connectivity index (χ1v) is 4.16. The number of nitrogens with two attached hydrogens (primary N) is 1. The maximum absolute atomic E-state index is 5.52. The minimum atomic E-state index is -0.246. The summed E-state index contributed by atoms with van der Waals surface area (Å²) in [6, 6.07) is 0. The molecule has 0 spiro atoms. The molecule has 2 nitrogen and oxygen atoms in total. The van der Waals surface area contributed by atoms with Crippen molar-refractivity contribution < 1.29 is 4.74 Å². The molecule has 12 heavy (non-hydrogen) atoms. The van der Waals surface area contributed by atoms with Crippen molar-refractivity contribution in [2.45, 2.75) is 26.4 Å². The third-order valence-electron chi connectivity index (χ3n) is 1.54. The fraction of sp³-hybridized carbons (Fsp3) is 0.600. The van der Waals surface area contributed by atoms with Crippen LogP contribution >= 0.6 is 0 Å². The van der Waals surface area contributed by atoms with Gasteiger partial charge in [0.15, 0.2) is 0 Å². The van der Waals surface area contributed by atoms with Crippen molar-refractivity contribution >= 4 is 0 Å². The maximum Gasteiger partial charge on any atom is 0.0752 e. The molecule has 0 bridgehead atoms. The lowest BCUT2D eigenvalue weighted by Gasteiger charge is -2.23. The summed E-state index contributed by atoms with van der Waals surface area (Å²) in [6.45, 7) is 10.8. The van der Waals surface area contributed by atoms with Gasteiger partial charge in [0, 0.05) is 6.54 Å². The van der Waals surface area contributed by atoms with Gasteiger partial charge >= 0.3 is 0 Å². The summed E-state index contributed by atoms with van der Waals surface area (Å²) in [4.78, 5) is 0. The third kappa shape index (κ3) is 5.10. The van der Waals surface area contributed by atoms with Crippen molar-refractivity contribution in [1.82, 2.24) is 0 Å². The van der Waals surface area contributed by atoms with E-state index in [0.29, 0.717) is 13.2 Å². The van der Waals surface area contributed by atoms with E-state index < -0.39 is 0 Å². The van der Waals surface area contributed by atoms with Gasteiger partial charge in [0.05, 0.1) is 12.2 Å². The smallest absolute Gasteiger partial charge is 0.0752 e. The molecule has 0 saturated heterocycles. The summed E-state index contributed by atoms with van der Waals surface area (Å²) in [5, 5.41) is 0. The molecular formula is C10H19NO. The van der Waals surface area contributed by atoms with E-state index >= 15 is 0 Å². The van der Waals surface area contributed by atoms with Crippen LogP contribution in [0.25, 0.3) is 0 Å². The standard InChI is InChI=1S/C10H19NO/c1-5-6-9(2)7-12-10(3,4)8-11/h5-6H,2,7-8,11H2,1,3-4H3/b6-5-. The summed E-state index contributed by atoms with van der Waals surface area (Å²) in [6.07, 6.45) is 3.88. The molecule has 0 aliphatic carbocycles. The van der Waals surface area contributed by atoms with Gasteiger partial charge in [0.1, 0.15) is 0 Å². The average Bonchev–Trinajstić information content (AvgIpc) is 2.02. The van der Waals surface area contributed by atoms with E-state index in [1.807, 2.05) is 32.9 Å². The minimum absolute atomic E-state index is 0.246. The van der Waals surface area contributed by atoms with Gasteiger partial charge in [0.25, 0.3) is 0 Å². The lowest BCUT2D eigenvalue weighted by atomic mass is 10.1. The van der Waals surface area contributed by atoms with Crippen molar-refractivity contribution in [3.8, 4) is 0 Å². The quantitative estimate of drug-likeness (QED) is 0.638. The van der Waals surface area contributed by atoms with Crippen molar-refractivity contribution in [2.24, 2.45) is 5.73 Å². The Balaban J connectivity index is 3.75. The molecule has 0 aromatic carbocycles. The van der Waals surface area contributed by atoms with Crippen LogP contribution in [0.5, 0.6) is 0 Å². The highest BCUT2D eigenvalue weighted by Crippen LogP contribution is 2.08. The zero-order valence-electron chi connectivity index (χ0n) is 8.26. The summed E-state index contributed by atoms with van der Waals surface area (Å²) in [5.41, 5.74) is 6.22. The summed E-state index contributed by atoms with van der Waals surface area (Å²) >= 11 is 0. The van der Waals surface area contributed by atoms with E-state index in [0.717, 1.165) is 5.57 Å². The number of hydrogen-bond donors (Lipinski definition) is 1. The lowest BCUT2D eigenvalue weighted by Crippen LogP contribution is -2.34. The highest BCUT2D eigenvalue weighted by molar-refractivity contribution is 5.13. The molecule has 70 valence electrons. The van der Waals surface area contributed by atoms with Gasteiger partial charge in [-0.15, -0.1) is 0 Å². The van der Waals surface area contributed by atoms with Crippen LogP contribution in [0.4, 0.5) is 0 Å². The number of ether oxygens (including phenoxy) is 1. The lowest BCUT2D eigenvalue weighted by molar-refractivity contribution is 0.00431. The van der Waals surface area contributed by atoms with Crippen LogP contribution in [0.3, 0.4) is 0 Å². The van der Waals surface area contributed by atoms with Crippen LogP contribution in [0.1, 0.15) is 20.8 Å². The second-order valence-corrected chi connectivity index (χ2v) is 3.41. The van der Waals surface area contributed by atoms with Crippen LogP contribution in [-0.4, -0.2) is 18.8 Å². The van der Waals surface area contributed by atoms with Gasteiger partial charge in [-0.2, -0.15) is 0 Å². The van der Waals surface area contributed by atoms with Crippen LogP contribution < -0.4 is 5.73 Å². The molecule has 0 aromatic rings. The first-order valence-electron chi connectivity index (χ1n) is 4.16. The largest absolute Gasteiger partial charge is 0.370 e. The van der Waals surface area contributed by atoms with Gasteiger partial charge in [-0.1, -0.05) is 18.7 Å². The highest BCUT2D eigenvalue weighted by atomic mass is 16.5. The first-order chi connectivity index (χ1) is 5.52. The monoisotopic (exact) mass is 169 g/mol. The Morgan fingerprint density at radius 3 is 2.58 bits per heavy atom. The molecule has 0 radical (unpaired) electrons. The second kappa shape index (κ2) is 5.12. The first kappa shape index (κ1) is 11.4. The van der Waals surface area contributed by atoms with Gasteiger partial charge in [-0.3, -0.25) is 0 Å². The summed E-state index contributed by atoms with van der Waals surface area (Å²) in [7, 11) is 0. The molecule has 0 atom stereocenters. The Bertz CT molecular complexity index is 171. The van der Waals surface area contributed by atoms with Gasteiger partial charge in [-0.05, 0) is 26.3 Å². The molecule has 0 aliphatic heterocycles. The van der Waals surface area contributed by atoms with Gasteiger partial charge in [-0.25, -0.2) is 0 Å². The van der Waals surface area contributed by atoms with E-state index in [1.165, 1.54) is 0 Å². The van der Waals surface area contributed by atoms with Crippen LogP contribution in [0.15, 0.2) is 24.3 Å².